The van der Waals surface area contributed by atoms with Crippen LogP contribution in [0.1, 0.15) is 22.8 Å². The molecule has 1 nitrogen and oxygen atoms in total. The number of halogens is 4. The third-order valence-corrected chi connectivity index (χ3v) is 2.93. The molecule has 0 aliphatic rings. The zero-order chi connectivity index (χ0) is 14.2. The van der Waals surface area contributed by atoms with Crippen LogP contribution in [0, 0.1) is 24.4 Å². The van der Waals surface area contributed by atoms with Gasteiger partial charge in [-0.15, -0.1) is 0 Å². The predicted octanol–water partition coefficient (Wildman–Crippen LogP) is 4.15. The molecule has 0 amide bonds. The standard InChI is InChI=1S/C14H10ClF3O/c1-7-2-8(4-9(15)3-7)14(19)10-5-12(17)13(18)6-11(10)16/h2-6,14,19H,1H3. The summed E-state index contributed by atoms with van der Waals surface area (Å²) in [6.07, 6.45) is -1.41. The Bertz CT molecular complexity index is 608. The van der Waals surface area contributed by atoms with Crippen LogP contribution in [0.4, 0.5) is 13.2 Å². The van der Waals surface area contributed by atoms with Crippen LogP contribution in [0.5, 0.6) is 0 Å². The van der Waals surface area contributed by atoms with Gasteiger partial charge in [-0.3, -0.25) is 0 Å². The van der Waals surface area contributed by atoms with E-state index in [-0.39, 0.29) is 5.56 Å². The first kappa shape index (κ1) is 13.9. The second kappa shape index (κ2) is 5.23. The highest BCUT2D eigenvalue weighted by molar-refractivity contribution is 6.30. The van der Waals surface area contributed by atoms with Gasteiger partial charge in [0.15, 0.2) is 11.6 Å². The Hall–Kier alpha value is -1.52. The molecule has 0 heterocycles. The number of aliphatic hydroxyl groups excluding tert-OH is 1. The molecule has 2 rings (SSSR count). The van der Waals surface area contributed by atoms with Crippen LogP contribution in [-0.4, -0.2) is 5.11 Å². The van der Waals surface area contributed by atoms with Crippen LogP contribution in [0.2, 0.25) is 5.02 Å². The molecule has 0 saturated carbocycles. The normalized spacial score (nSPS) is 12.5. The summed E-state index contributed by atoms with van der Waals surface area (Å²) in [6, 6.07) is 5.76. The fourth-order valence-corrected chi connectivity index (χ4v) is 2.15. The van der Waals surface area contributed by atoms with Gasteiger partial charge in [0, 0.05) is 16.7 Å². The van der Waals surface area contributed by atoms with Crippen LogP contribution in [0.3, 0.4) is 0 Å². The largest absolute Gasteiger partial charge is 0.384 e. The second-order valence-electron chi connectivity index (χ2n) is 4.25. The summed E-state index contributed by atoms with van der Waals surface area (Å²) >= 11 is 5.84. The van der Waals surface area contributed by atoms with Crippen molar-refractivity contribution in [1.82, 2.24) is 0 Å². The lowest BCUT2D eigenvalue weighted by atomic mass is 9.99. The van der Waals surface area contributed by atoms with Crippen LogP contribution < -0.4 is 0 Å². The molecule has 0 spiro atoms. The molecule has 1 atom stereocenters. The minimum atomic E-state index is -1.41. The first-order valence-corrected chi connectivity index (χ1v) is 5.86. The van der Waals surface area contributed by atoms with Gasteiger partial charge in [-0.2, -0.15) is 0 Å². The van der Waals surface area contributed by atoms with Crippen molar-refractivity contribution >= 4 is 11.6 Å². The Balaban J connectivity index is 2.49. The third kappa shape index (κ3) is 2.91. The molecule has 1 N–H and O–H groups in total. The SMILES string of the molecule is Cc1cc(Cl)cc(C(O)c2cc(F)c(F)cc2F)c1. The van der Waals surface area contributed by atoms with E-state index in [0.717, 1.165) is 5.56 Å². The number of aryl methyl sites for hydroxylation is 1. The first-order chi connectivity index (χ1) is 8.88. The highest BCUT2D eigenvalue weighted by Crippen LogP contribution is 2.28. The molecule has 19 heavy (non-hydrogen) atoms. The Labute approximate surface area is 113 Å². The predicted molar refractivity (Wildman–Crippen MR) is 66.6 cm³/mol. The third-order valence-electron chi connectivity index (χ3n) is 2.71. The highest BCUT2D eigenvalue weighted by Gasteiger charge is 2.19. The Morgan fingerprint density at radius 2 is 1.58 bits per heavy atom. The molecular formula is C14H10ClF3O. The van der Waals surface area contributed by atoms with E-state index in [4.69, 9.17) is 11.6 Å². The summed E-state index contributed by atoms with van der Waals surface area (Å²) in [5.74, 6) is -3.52. The fraction of sp³-hybridized carbons (Fsp3) is 0.143. The monoisotopic (exact) mass is 286 g/mol. The van der Waals surface area contributed by atoms with E-state index in [1.54, 1.807) is 19.1 Å². The summed E-state index contributed by atoms with van der Waals surface area (Å²) in [5.41, 5.74) is 0.750. The lowest BCUT2D eigenvalue weighted by molar-refractivity contribution is 0.214. The summed E-state index contributed by atoms with van der Waals surface area (Å²) in [4.78, 5) is 0. The van der Waals surface area contributed by atoms with Crippen molar-refractivity contribution in [2.75, 3.05) is 0 Å². The zero-order valence-corrected chi connectivity index (χ0v) is 10.7. The van der Waals surface area contributed by atoms with Gasteiger partial charge in [-0.25, -0.2) is 13.2 Å². The van der Waals surface area contributed by atoms with E-state index in [0.29, 0.717) is 22.7 Å². The quantitative estimate of drug-likeness (QED) is 0.822. The number of hydrogen-bond acceptors (Lipinski definition) is 1. The Kier molecular flexibility index (Phi) is 3.83. The molecule has 0 radical (unpaired) electrons. The fourth-order valence-electron chi connectivity index (χ4n) is 1.85. The molecule has 0 saturated heterocycles. The van der Waals surface area contributed by atoms with Crippen molar-refractivity contribution in [3.63, 3.8) is 0 Å². The van der Waals surface area contributed by atoms with E-state index in [1.165, 1.54) is 6.07 Å². The van der Waals surface area contributed by atoms with Crippen molar-refractivity contribution in [1.29, 1.82) is 0 Å². The summed E-state index contributed by atoms with van der Waals surface area (Å²) in [6.45, 7) is 1.75. The van der Waals surface area contributed by atoms with Gasteiger partial charge in [0.25, 0.3) is 0 Å². The number of rotatable bonds is 2. The maximum Gasteiger partial charge on any atom is 0.161 e. The van der Waals surface area contributed by atoms with Crippen molar-refractivity contribution in [3.05, 3.63) is 69.5 Å². The van der Waals surface area contributed by atoms with E-state index in [9.17, 15) is 18.3 Å². The average Bonchev–Trinajstić information content (AvgIpc) is 2.31. The Morgan fingerprint density at radius 1 is 0.947 bits per heavy atom. The van der Waals surface area contributed by atoms with E-state index in [1.807, 2.05) is 0 Å². The molecule has 0 bridgehead atoms. The molecule has 2 aromatic carbocycles. The topological polar surface area (TPSA) is 20.2 Å². The summed E-state index contributed by atoms with van der Waals surface area (Å²) in [7, 11) is 0. The van der Waals surface area contributed by atoms with Gasteiger partial charge >= 0.3 is 0 Å². The van der Waals surface area contributed by atoms with Crippen molar-refractivity contribution < 1.29 is 18.3 Å². The van der Waals surface area contributed by atoms with E-state index < -0.39 is 23.6 Å². The average molecular weight is 287 g/mol. The molecule has 100 valence electrons. The molecule has 0 aliphatic carbocycles. The van der Waals surface area contributed by atoms with E-state index >= 15 is 0 Å². The van der Waals surface area contributed by atoms with Crippen LogP contribution in [0.15, 0.2) is 30.3 Å². The number of benzene rings is 2. The zero-order valence-electron chi connectivity index (χ0n) is 9.92. The molecular weight excluding hydrogens is 277 g/mol. The van der Waals surface area contributed by atoms with Gasteiger partial charge in [0.1, 0.15) is 11.9 Å². The Morgan fingerprint density at radius 3 is 2.21 bits per heavy atom. The second-order valence-corrected chi connectivity index (χ2v) is 4.69. The minimum Gasteiger partial charge on any atom is -0.384 e. The van der Waals surface area contributed by atoms with Crippen molar-refractivity contribution in [2.45, 2.75) is 13.0 Å². The lowest BCUT2D eigenvalue weighted by Crippen LogP contribution is -2.05. The smallest absolute Gasteiger partial charge is 0.161 e. The summed E-state index contributed by atoms with van der Waals surface area (Å²) < 4.78 is 39.5. The maximum absolute atomic E-state index is 13.6. The first-order valence-electron chi connectivity index (χ1n) is 5.48. The van der Waals surface area contributed by atoms with E-state index in [2.05, 4.69) is 0 Å². The molecule has 0 fully saturated rings. The van der Waals surface area contributed by atoms with Gasteiger partial charge in [-0.1, -0.05) is 17.7 Å². The molecule has 2 aromatic rings. The maximum atomic E-state index is 13.6. The minimum absolute atomic E-state index is 0.315. The number of aliphatic hydroxyl groups is 1. The van der Waals surface area contributed by atoms with Crippen LogP contribution in [-0.2, 0) is 0 Å². The van der Waals surface area contributed by atoms with Gasteiger partial charge in [-0.05, 0) is 36.2 Å². The van der Waals surface area contributed by atoms with Crippen molar-refractivity contribution in [3.8, 4) is 0 Å². The molecule has 0 aromatic heterocycles. The molecule has 0 aliphatic heterocycles. The number of hydrogen-bond donors (Lipinski definition) is 1. The van der Waals surface area contributed by atoms with Gasteiger partial charge < -0.3 is 5.11 Å². The molecule has 5 heteroatoms. The van der Waals surface area contributed by atoms with Gasteiger partial charge in [0.05, 0.1) is 0 Å². The highest BCUT2D eigenvalue weighted by atomic mass is 35.5. The van der Waals surface area contributed by atoms with Crippen LogP contribution >= 0.6 is 11.6 Å². The molecule has 1 unspecified atom stereocenters. The van der Waals surface area contributed by atoms with Gasteiger partial charge in [0.2, 0.25) is 0 Å². The van der Waals surface area contributed by atoms with Crippen LogP contribution in [0.25, 0.3) is 0 Å². The summed E-state index contributed by atoms with van der Waals surface area (Å²) in [5, 5.41) is 10.4. The van der Waals surface area contributed by atoms with Crippen molar-refractivity contribution in [2.24, 2.45) is 0 Å². The lowest BCUT2D eigenvalue weighted by Gasteiger charge is -2.14.